The van der Waals surface area contributed by atoms with Crippen LogP contribution in [-0.4, -0.2) is 30.1 Å². The van der Waals surface area contributed by atoms with E-state index in [2.05, 4.69) is 10.6 Å². The lowest BCUT2D eigenvalue weighted by molar-refractivity contribution is -0.138. The summed E-state index contributed by atoms with van der Waals surface area (Å²) >= 11 is 0.960. The molecule has 0 aliphatic carbocycles. The minimum atomic E-state index is -4.55. The number of hydrogen-bond donors (Lipinski definition) is 2. The molecule has 2 rings (SSSR count). The molecule has 1 atom stereocenters. The van der Waals surface area contributed by atoms with Crippen LogP contribution in [0, 0.1) is 0 Å². The Morgan fingerprint density at radius 3 is 2.77 bits per heavy atom. The van der Waals surface area contributed by atoms with Crippen LogP contribution in [0.3, 0.4) is 0 Å². The Morgan fingerprint density at radius 2 is 2.23 bits per heavy atom. The molecule has 1 fully saturated rings. The van der Waals surface area contributed by atoms with Crippen molar-refractivity contribution in [1.29, 1.82) is 0 Å². The molecule has 2 N–H and O–H groups in total. The van der Waals surface area contributed by atoms with Crippen LogP contribution in [-0.2, 0) is 17.5 Å². The first kappa shape index (κ1) is 16.5. The van der Waals surface area contributed by atoms with Crippen molar-refractivity contribution >= 4 is 22.9 Å². The van der Waals surface area contributed by atoms with E-state index < -0.39 is 23.7 Å². The number of rotatable bonds is 4. The van der Waals surface area contributed by atoms with Gasteiger partial charge in [0.25, 0.3) is 5.24 Å². The van der Waals surface area contributed by atoms with E-state index in [9.17, 15) is 22.8 Å². The molecule has 0 bridgehead atoms. The zero-order valence-corrected chi connectivity index (χ0v) is 12.3. The van der Waals surface area contributed by atoms with Crippen molar-refractivity contribution in [3.05, 3.63) is 29.3 Å². The summed E-state index contributed by atoms with van der Waals surface area (Å²) in [5.74, 6) is -0.163. The Balaban J connectivity index is 2.09. The maximum atomic E-state index is 13.0. The highest BCUT2D eigenvalue weighted by Gasteiger charge is 2.34. The van der Waals surface area contributed by atoms with Crippen LogP contribution >= 0.6 is 11.8 Å². The molecule has 1 saturated heterocycles. The zero-order chi connectivity index (χ0) is 16.3. The SMILES string of the molecule is COc1ccc(CNC(=O)C2CSC(=O)N2)c(C(F)(F)F)c1. The lowest BCUT2D eigenvalue weighted by atomic mass is 10.1. The Morgan fingerprint density at radius 1 is 1.50 bits per heavy atom. The maximum absolute atomic E-state index is 13.0. The Hall–Kier alpha value is -1.90. The second-order valence-corrected chi connectivity index (χ2v) is 5.53. The summed E-state index contributed by atoms with van der Waals surface area (Å²) in [4.78, 5) is 22.8. The molecule has 1 aromatic rings. The van der Waals surface area contributed by atoms with E-state index in [1.165, 1.54) is 19.2 Å². The third-order valence-electron chi connectivity index (χ3n) is 3.07. The summed E-state index contributed by atoms with van der Waals surface area (Å²) in [6.07, 6.45) is -4.55. The van der Waals surface area contributed by atoms with Gasteiger partial charge >= 0.3 is 6.18 Å². The van der Waals surface area contributed by atoms with E-state index in [0.717, 1.165) is 17.8 Å². The molecule has 1 aliphatic heterocycles. The summed E-state index contributed by atoms with van der Waals surface area (Å²) in [5.41, 5.74) is -0.935. The van der Waals surface area contributed by atoms with Gasteiger partial charge in [-0.25, -0.2) is 0 Å². The topological polar surface area (TPSA) is 67.4 Å². The van der Waals surface area contributed by atoms with Gasteiger partial charge in [0.1, 0.15) is 11.8 Å². The van der Waals surface area contributed by atoms with Crippen molar-refractivity contribution in [3.8, 4) is 5.75 Å². The molecular formula is C13H13F3N2O3S. The largest absolute Gasteiger partial charge is 0.497 e. The van der Waals surface area contributed by atoms with Crippen LogP contribution < -0.4 is 15.4 Å². The summed E-state index contributed by atoms with van der Waals surface area (Å²) in [7, 11) is 1.28. The van der Waals surface area contributed by atoms with Gasteiger partial charge in [-0.2, -0.15) is 13.2 Å². The van der Waals surface area contributed by atoms with Gasteiger partial charge in [0, 0.05) is 12.3 Å². The van der Waals surface area contributed by atoms with Crippen LogP contribution in [0.1, 0.15) is 11.1 Å². The summed E-state index contributed by atoms with van der Waals surface area (Å²) in [5, 5.41) is 4.51. The van der Waals surface area contributed by atoms with E-state index >= 15 is 0 Å². The van der Waals surface area contributed by atoms with Gasteiger partial charge < -0.3 is 15.4 Å². The molecule has 5 nitrogen and oxygen atoms in total. The minimum absolute atomic E-state index is 0.0707. The number of ether oxygens (including phenoxy) is 1. The molecule has 0 aromatic heterocycles. The highest BCUT2D eigenvalue weighted by molar-refractivity contribution is 8.14. The van der Waals surface area contributed by atoms with Gasteiger partial charge in [-0.1, -0.05) is 17.8 Å². The first-order valence-electron chi connectivity index (χ1n) is 6.26. The van der Waals surface area contributed by atoms with E-state index in [4.69, 9.17) is 4.74 Å². The van der Waals surface area contributed by atoms with E-state index in [1.807, 2.05) is 0 Å². The van der Waals surface area contributed by atoms with Crippen molar-refractivity contribution in [1.82, 2.24) is 10.6 Å². The van der Waals surface area contributed by atoms with Crippen LogP contribution in [0.2, 0.25) is 0 Å². The predicted molar refractivity (Wildman–Crippen MR) is 74.6 cm³/mol. The Labute approximate surface area is 128 Å². The van der Waals surface area contributed by atoms with Crippen LogP contribution in [0.4, 0.5) is 18.0 Å². The average molecular weight is 334 g/mol. The van der Waals surface area contributed by atoms with Gasteiger partial charge in [0.05, 0.1) is 12.7 Å². The fourth-order valence-corrected chi connectivity index (χ4v) is 2.71. The number of methoxy groups -OCH3 is 1. The standard InChI is InChI=1S/C13H13F3N2O3S/c1-21-8-3-2-7(9(4-8)13(14,15)16)5-17-11(19)10-6-22-12(20)18-10/h2-4,10H,5-6H2,1H3,(H,17,19)(H,18,20). The molecule has 1 aliphatic rings. The Bertz CT molecular complexity index is 592. The number of amides is 2. The summed E-state index contributed by atoms with van der Waals surface area (Å²) in [6, 6.07) is 2.81. The highest BCUT2D eigenvalue weighted by atomic mass is 32.2. The average Bonchev–Trinajstić information content (AvgIpc) is 2.90. The fraction of sp³-hybridized carbons (Fsp3) is 0.385. The number of carbonyl (C=O) groups excluding carboxylic acids is 2. The van der Waals surface area contributed by atoms with Crippen molar-refractivity contribution in [2.75, 3.05) is 12.9 Å². The van der Waals surface area contributed by atoms with E-state index in [1.54, 1.807) is 0 Å². The normalized spacial score (nSPS) is 18.0. The molecule has 0 radical (unpaired) electrons. The molecule has 22 heavy (non-hydrogen) atoms. The number of carbonyl (C=O) groups is 2. The second-order valence-electron chi connectivity index (χ2n) is 4.53. The zero-order valence-electron chi connectivity index (χ0n) is 11.5. The van der Waals surface area contributed by atoms with Crippen LogP contribution in [0.15, 0.2) is 18.2 Å². The third kappa shape index (κ3) is 3.85. The predicted octanol–water partition coefficient (Wildman–Crippen LogP) is 2.16. The van der Waals surface area contributed by atoms with E-state index in [0.29, 0.717) is 0 Å². The first-order valence-corrected chi connectivity index (χ1v) is 7.25. The Kier molecular flexibility index (Phi) is 4.84. The number of benzene rings is 1. The maximum Gasteiger partial charge on any atom is 0.416 e. The molecule has 1 unspecified atom stereocenters. The fourth-order valence-electron chi connectivity index (χ4n) is 1.93. The first-order chi connectivity index (χ1) is 10.3. The van der Waals surface area contributed by atoms with Crippen molar-refractivity contribution in [3.63, 3.8) is 0 Å². The molecular weight excluding hydrogens is 321 g/mol. The molecule has 9 heteroatoms. The molecule has 0 spiro atoms. The molecule has 120 valence electrons. The van der Waals surface area contributed by atoms with Crippen molar-refractivity contribution < 1.29 is 27.5 Å². The van der Waals surface area contributed by atoms with Gasteiger partial charge in [0.2, 0.25) is 5.91 Å². The van der Waals surface area contributed by atoms with Crippen molar-refractivity contribution in [2.24, 2.45) is 0 Å². The quantitative estimate of drug-likeness (QED) is 0.885. The van der Waals surface area contributed by atoms with Gasteiger partial charge in [-0.3, -0.25) is 9.59 Å². The van der Waals surface area contributed by atoms with E-state index in [-0.39, 0.29) is 28.8 Å². The smallest absolute Gasteiger partial charge is 0.416 e. The third-order valence-corrected chi connectivity index (χ3v) is 3.95. The van der Waals surface area contributed by atoms with Crippen molar-refractivity contribution in [2.45, 2.75) is 18.8 Å². The number of thioether (sulfide) groups is 1. The van der Waals surface area contributed by atoms with Gasteiger partial charge in [-0.05, 0) is 17.7 Å². The van der Waals surface area contributed by atoms with Gasteiger partial charge in [0.15, 0.2) is 0 Å². The number of hydrogen-bond acceptors (Lipinski definition) is 4. The number of alkyl halides is 3. The van der Waals surface area contributed by atoms with Crippen LogP contribution in [0.25, 0.3) is 0 Å². The molecule has 0 saturated carbocycles. The number of halogens is 3. The lowest BCUT2D eigenvalue weighted by Crippen LogP contribution is -2.42. The molecule has 1 aromatic carbocycles. The van der Waals surface area contributed by atoms with Crippen LogP contribution in [0.5, 0.6) is 5.75 Å². The summed E-state index contributed by atoms with van der Waals surface area (Å²) < 4.78 is 43.8. The lowest BCUT2D eigenvalue weighted by Gasteiger charge is -2.16. The molecule has 2 amide bonds. The molecule has 1 heterocycles. The monoisotopic (exact) mass is 334 g/mol. The number of nitrogens with one attached hydrogen (secondary N) is 2. The highest BCUT2D eigenvalue weighted by Crippen LogP contribution is 2.34. The summed E-state index contributed by atoms with van der Waals surface area (Å²) in [6.45, 7) is -0.283. The minimum Gasteiger partial charge on any atom is -0.497 e. The second kappa shape index (κ2) is 6.47. The van der Waals surface area contributed by atoms with Gasteiger partial charge in [-0.15, -0.1) is 0 Å².